The molecule has 2 aromatic heterocycles. The third kappa shape index (κ3) is 4.25. The first-order valence-electron chi connectivity index (χ1n) is 7.40. The highest BCUT2D eigenvalue weighted by atomic mass is 35.5. The standard InChI is InChI=1S/C15H16ClF3N4O/c1-2-3-4-7-20-11-9-22-23(14(24)13(11)16)12-6-5-10(8-21-12)15(17,18)19/h5-6,8-9,20H,2-4,7H2,1H3. The normalized spacial score (nSPS) is 11.5. The second-order valence-electron chi connectivity index (χ2n) is 5.13. The van der Waals surface area contributed by atoms with Gasteiger partial charge in [0.05, 0.1) is 17.4 Å². The van der Waals surface area contributed by atoms with Gasteiger partial charge in [-0.3, -0.25) is 4.79 Å². The van der Waals surface area contributed by atoms with Gasteiger partial charge in [-0.15, -0.1) is 0 Å². The molecule has 2 heterocycles. The van der Waals surface area contributed by atoms with Crippen LogP contribution in [0.15, 0.2) is 29.3 Å². The molecule has 0 atom stereocenters. The third-order valence-electron chi connectivity index (χ3n) is 3.31. The topological polar surface area (TPSA) is 59.8 Å². The van der Waals surface area contributed by atoms with Gasteiger partial charge >= 0.3 is 6.18 Å². The minimum Gasteiger partial charge on any atom is -0.382 e. The molecule has 2 aromatic rings. The van der Waals surface area contributed by atoms with E-state index < -0.39 is 17.3 Å². The first-order chi connectivity index (χ1) is 11.3. The number of nitrogens with zero attached hydrogens (tertiary/aromatic N) is 3. The van der Waals surface area contributed by atoms with E-state index in [-0.39, 0.29) is 10.8 Å². The van der Waals surface area contributed by atoms with E-state index in [0.717, 1.165) is 36.1 Å². The first kappa shape index (κ1) is 18.3. The predicted molar refractivity (Wildman–Crippen MR) is 85.7 cm³/mol. The summed E-state index contributed by atoms with van der Waals surface area (Å²) in [6, 6.07) is 1.91. The average molecular weight is 361 g/mol. The fourth-order valence-electron chi connectivity index (χ4n) is 2.00. The molecule has 0 fully saturated rings. The molecule has 0 aliphatic carbocycles. The first-order valence-corrected chi connectivity index (χ1v) is 7.77. The van der Waals surface area contributed by atoms with Crippen LogP contribution in [0.3, 0.4) is 0 Å². The smallest absolute Gasteiger partial charge is 0.382 e. The number of unbranched alkanes of at least 4 members (excludes halogenated alkanes) is 2. The van der Waals surface area contributed by atoms with E-state index in [0.29, 0.717) is 18.4 Å². The van der Waals surface area contributed by atoms with Gasteiger partial charge in [0.2, 0.25) is 0 Å². The summed E-state index contributed by atoms with van der Waals surface area (Å²) in [4.78, 5) is 15.9. The number of hydrogen-bond acceptors (Lipinski definition) is 4. The number of rotatable bonds is 6. The van der Waals surface area contributed by atoms with E-state index in [1.54, 1.807) is 0 Å². The van der Waals surface area contributed by atoms with Gasteiger partial charge < -0.3 is 5.32 Å². The largest absolute Gasteiger partial charge is 0.417 e. The van der Waals surface area contributed by atoms with Crippen LogP contribution < -0.4 is 10.9 Å². The maximum atomic E-state index is 12.5. The lowest BCUT2D eigenvalue weighted by Gasteiger charge is -2.10. The SMILES string of the molecule is CCCCCNc1cnn(-c2ccc(C(F)(F)F)cn2)c(=O)c1Cl. The Morgan fingerprint density at radius 3 is 2.58 bits per heavy atom. The highest BCUT2D eigenvalue weighted by Gasteiger charge is 2.30. The van der Waals surface area contributed by atoms with Crippen LogP contribution in [-0.4, -0.2) is 21.3 Å². The van der Waals surface area contributed by atoms with Gasteiger partial charge in [0, 0.05) is 12.7 Å². The molecule has 130 valence electrons. The maximum absolute atomic E-state index is 12.5. The molecular formula is C15H16ClF3N4O. The lowest BCUT2D eigenvalue weighted by molar-refractivity contribution is -0.137. The molecule has 0 unspecified atom stereocenters. The number of pyridine rings is 1. The van der Waals surface area contributed by atoms with Crippen molar-refractivity contribution in [3.05, 3.63) is 45.5 Å². The fraction of sp³-hybridized carbons (Fsp3) is 0.400. The number of halogens is 4. The number of anilines is 1. The number of aromatic nitrogens is 3. The maximum Gasteiger partial charge on any atom is 0.417 e. The van der Waals surface area contributed by atoms with Crippen molar-refractivity contribution in [2.45, 2.75) is 32.4 Å². The van der Waals surface area contributed by atoms with Crippen LogP contribution in [-0.2, 0) is 6.18 Å². The van der Waals surface area contributed by atoms with Crippen LogP contribution in [0.5, 0.6) is 0 Å². The van der Waals surface area contributed by atoms with Crippen LogP contribution in [0, 0.1) is 0 Å². The molecule has 0 aliphatic heterocycles. The second-order valence-corrected chi connectivity index (χ2v) is 5.50. The fourth-order valence-corrected chi connectivity index (χ4v) is 2.19. The lowest BCUT2D eigenvalue weighted by Crippen LogP contribution is -2.24. The molecule has 0 saturated carbocycles. The van der Waals surface area contributed by atoms with E-state index >= 15 is 0 Å². The lowest BCUT2D eigenvalue weighted by atomic mass is 10.2. The quantitative estimate of drug-likeness (QED) is 0.794. The van der Waals surface area contributed by atoms with Crippen molar-refractivity contribution in [3.8, 4) is 5.82 Å². The minimum absolute atomic E-state index is 0.0348. The molecule has 2 rings (SSSR count). The molecule has 24 heavy (non-hydrogen) atoms. The van der Waals surface area contributed by atoms with Crippen LogP contribution in [0.25, 0.3) is 5.82 Å². The van der Waals surface area contributed by atoms with Crippen molar-refractivity contribution in [1.29, 1.82) is 0 Å². The zero-order valence-corrected chi connectivity index (χ0v) is 13.7. The van der Waals surface area contributed by atoms with Gasteiger partial charge in [0.15, 0.2) is 5.82 Å². The van der Waals surface area contributed by atoms with E-state index in [4.69, 9.17) is 11.6 Å². The Hall–Kier alpha value is -2.09. The number of nitrogens with one attached hydrogen (secondary N) is 1. The van der Waals surface area contributed by atoms with Crippen LogP contribution in [0.2, 0.25) is 5.02 Å². The van der Waals surface area contributed by atoms with E-state index in [1.165, 1.54) is 6.20 Å². The van der Waals surface area contributed by atoms with Crippen molar-refractivity contribution in [2.24, 2.45) is 0 Å². The highest BCUT2D eigenvalue weighted by Crippen LogP contribution is 2.28. The molecule has 0 saturated heterocycles. The van der Waals surface area contributed by atoms with Crippen molar-refractivity contribution in [1.82, 2.24) is 14.8 Å². The van der Waals surface area contributed by atoms with E-state index in [1.807, 2.05) is 0 Å². The Morgan fingerprint density at radius 2 is 2.00 bits per heavy atom. The van der Waals surface area contributed by atoms with Crippen LogP contribution in [0.4, 0.5) is 18.9 Å². The van der Waals surface area contributed by atoms with E-state index in [2.05, 4.69) is 22.3 Å². The van der Waals surface area contributed by atoms with E-state index in [9.17, 15) is 18.0 Å². The molecule has 0 spiro atoms. The van der Waals surface area contributed by atoms with Gasteiger partial charge in [-0.05, 0) is 18.6 Å². The summed E-state index contributed by atoms with van der Waals surface area (Å²) in [7, 11) is 0. The molecular weight excluding hydrogens is 345 g/mol. The summed E-state index contributed by atoms with van der Waals surface area (Å²) >= 11 is 6.02. The summed E-state index contributed by atoms with van der Waals surface area (Å²) in [6.45, 7) is 2.73. The van der Waals surface area contributed by atoms with Gasteiger partial charge in [-0.1, -0.05) is 31.4 Å². The summed E-state index contributed by atoms with van der Waals surface area (Å²) in [5, 5.41) is 6.85. The average Bonchev–Trinajstić information content (AvgIpc) is 2.55. The van der Waals surface area contributed by atoms with Gasteiger partial charge in [0.1, 0.15) is 5.02 Å². The highest BCUT2D eigenvalue weighted by molar-refractivity contribution is 6.32. The Morgan fingerprint density at radius 1 is 1.25 bits per heavy atom. The Bertz CT molecular complexity index is 744. The minimum atomic E-state index is -4.49. The van der Waals surface area contributed by atoms with Gasteiger partial charge in [-0.25, -0.2) is 4.98 Å². The third-order valence-corrected chi connectivity index (χ3v) is 3.67. The Balaban J connectivity index is 2.23. The molecule has 0 radical (unpaired) electrons. The zero-order valence-electron chi connectivity index (χ0n) is 12.9. The molecule has 0 amide bonds. The molecule has 0 aliphatic rings. The van der Waals surface area contributed by atoms with Crippen LogP contribution >= 0.6 is 11.6 Å². The summed E-state index contributed by atoms with van der Waals surface area (Å²) in [5.41, 5.74) is -1.16. The summed E-state index contributed by atoms with van der Waals surface area (Å²) < 4.78 is 38.5. The monoisotopic (exact) mass is 360 g/mol. The molecule has 1 N–H and O–H groups in total. The van der Waals surface area contributed by atoms with Crippen molar-refractivity contribution in [3.63, 3.8) is 0 Å². The van der Waals surface area contributed by atoms with Crippen molar-refractivity contribution in [2.75, 3.05) is 11.9 Å². The zero-order chi connectivity index (χ0) is 17.7. The predicted octanol–water partition coefficient (Wildman–Crippen LogP) is 3.90. The van der Waals surface area contributed by atoms with Crippen molar-refractivity contribution >= 4 is 17.3 Å². The Labute approximate surface area is 141 Å². The van der Waals surface area contributed by atoms with Crippen molar-refractivity contribution < 1.29 is 13.2 Å². The van der Waals surface area contributed by atoms with Crippen LogP contribution in [0.1, 0.15) is 31.7 Å². The number of hydrogen-bond donors (Lipinski definition) is 1. The summed E-state index contributed by atoms with van der Waals surface area (Å²) in [6.07, 6.45) is 0.549. The Kier molecular flexibility index (Phi) is 5.82. The summed E-state index contributed by atoms with van der Waals surface area (Å²) in [5.74, 6) is -0.0348. The van der Waals surface area contributed by atoms with Gasteiger partial charge in [0.25, 0.3) is 5.56 Å². The molecule has 9 heteroatoms. The van der Waals surface area contributed by atoms with Gasteiger partial charge in [-0.2, -0.15) is 23.0 Å². The molecule has 0 aromatic carbocycles. The second kappa shape index (κ2) is 7.65. The molecule has 0 bridgehead atoms. The molecule has 5 nitrogen and oxygen atoms in total. The number of alkyl halides is 3.